The maximum absolute atomic E-state index is 12.4. The van der Waals surface area contributed by atoms with Crippen LogP contribution in [-0.4, -0.2) is 93.0 Å². The van der Waals surface area contributed by atoms with E-state index in [1.807, 2.05) is 6.92 Å². The molecule has 0 bridgehead atoms. The molecule has 1 aliphatic heterocycles. The number of aliphatic imine (C=N–C) groups is 1. The van der Waals surface area contributed by atoms with Crippen molar-refractivity contribution in [2.24, 2.45) is 4.99 Å². The van der Waals surface area contributed by atoms with E-state index in [9.17, 15) is 13.2 Å². The maximum atomic E-state index is 12.4. The summed E-state index contributed by atoms with van der Waals surface area (Å²) >= 11 is 0. The van der Waals surface area contributed by atoms with Crippen molar-refractivity contribution in [3.05, 3.63) is 24.2 Å². The van der Waals surface area contributed by atoms with Crippen molar-refractivity contribution in [1.29, 1.82) is 0 Å². The van der Waals surface area contributed by atoms with Gasteiger partial charge in [-0.25, -0.2) is 12.7 Å². The number of nitrogens with one attached hydrogen (secondary N) is 1. The first kappa shape index (κ1) is 25.7. The van der Waals surface area contributed by atoms with Gasteiger partial charge in [-0.3, -0.25) is 9.79 Å². The summed E-state index contributed by atoms with van der Waals surface area (Å²) < 4.78 is 30.1. The Morgan fingerprint density at radius 1 is 1.24 bits per heavy atom. The number of nitrogens with zero attached hydrogens (tertiary/aromatic N) is 4. The fourth-order valence-corrected chi connectivity index (χ4v) is 3.79. The predicted molar refractivity (Wildman–Crippen MR) is 124 cm³/mol. The molecule has 1 saturated heterocycles. The fraction of sp³-hybridized carbons (Fsp3) is 0.667. The number of furan rings is 1. The second-order valence-corrected chi connectivity index (χ2v) is 8.93. The van der Waals surface area contributed by atoms with E-state index < -0.39 is 10.0 Å². The first-order valence-electron chi connectivity index (χ1n) is 9.69. The minimum atomic E-state index is -3.15. The highest BCUT2D eigenvalue weighted by molar-refractivity contribution is 14.0. The smallest absolute Gasteiger partial charge is 0.289 e. The van der Waals surface area contributed by atoms with Gasteiger partial charge >= 0.3 is 0 Å². The van der Waals surface area contributed by atoms with Crippen molar-refractivity contribution in [1.82, 2.24) is 19.4 Å². The summed E-state index contributed by atoms with van der Waals surface area (Å²) in [5.74, 6) is 1.18. The zero-order chi connectivity index (χ0) is 20.6. The number of rotatable bonds is 8. The summed E-state index contributed by atoms with van der Waals surface area (Å²) in [6.07, 6.45) is 2.16. The number of sulfonamides is 1. The molecular formula is C18H32IN5O4S. The van der Waals surface area contributed by atoms with Crippen LogP contribution < -0.4 is 5.32 Å². The molecule has 0 spiro atoms. The average Bonchev–Trinajstić information content (AvgIpc) is 3.24. The summed E-state index contributed by atoms with van der Waals surface area (Å²) in [6, 6.07) is 3.39. The van der Waals surface area contributed by atoms with Gasteiger partial charge in [0.2, 0.25) is 10.0 Å². The highest BCUT2D eigenvalue weighted by atomic mass is 127. The first-order valence-corrected chi connectivity index (χ1v) is 11.3. The highest BCUT2D eigenvalue weighted by Gasteiger charge is 2.25. The number of hydrogen-bond donors (Lipinski definition) is 1. The van der Waals surface area contributed by atoms with Gasteiger partial charge in [0.15, 0.2) is 11.7 Å². The first-order chi connectivity index (χ1) is 13.4. The minimum Gasteiger partial charge on any atom is -0.459 e. The standard InChI is InChI=1S/C18H31N5O4S.HI/c1-4-19-18(20-9-7-10-21(3)28(25,26)5-2)23-13-11-22(12-14-23)17(24)16-8-6-15-27-16;/h6,8,15H,4-5,7,9-14H2,1-3H3,(H,19,20);1H. The average molecular weight is 541 g/mol. The third kappa shape index (κ3) is 7.45. The third-order valence-electron chi connectivity index (χ3n) is 4.67. The van der Waals surface area contributed by atoms with Gasteiger partial charge in [-0.2, -0.15) is 0 Å². The maximum Gasteiger partial charge on any atom is 0.289 e. The number of hydrogen-bond acceptors (Lipinski definition) is 5. The van der Waals surface area contributed by atoms with Gasteiger partial charge in [-0.15, -0.1) is 24.0 Å². The molecule has 1 amide bonds. The molecule has 1 aromatic rings. The number of halogens is 1. The van der Waals surface area contributed by atoms with Crippen molar-refractivity contribution in [3.8, 4) is 0 Å². The lowest BCUT2D eigenvalue weighted by atomic mass is 10.3. The molecule has 0 unspecified atom stereocenters. The molecule has 0 radical (unpaired) electrons. The monoisotopic (exact) mass is 541 g/mol. The van der Waals surface area contributed by atoms with Crippen LogP contribution in [0.5, 0.6) is 0 Å². The zero-order valence-corrected chi connectivity index (χ0v) is 20.5. The van der Waals surface area contributed by atoms with Gasteiger partial charge in [0.25, 0.3) is 5.91 Å². The predicted octanol–water partition coefficient (Wildman–Crippen LogP) is 1.29. The van der Waals surface area contributed by atoms with E-state index in [1.54, 1.807) is 31.0 Å². The molecule has 9 nitrogen and oxygen atoms in total. The van der Waals surface area contributed by atoms with E-state index in [2.05, 4.69) is 15.2 Å². The lowest BCUT2D eigenvalue weighted by Crippen LogP contribution is -2.53. The molecule has 166 valence electrons. The molecule has 1 aliphatic rings. The normalized spacial score (nSPS) is 15.4. The molecule has 2 rings (SSSR count). The Morgan fingerprint density at radius 2 is 1.90 bits per heavy atom. The van der Waals surface area contributed by atoms with E-state index >= 15 is 0 Å². The third-order valence-corrected chi connectivity index (χ3v) is 6.53. The van der Waals surface area contributed by atoms with E-state index in [-0.39, 0.29) is 35.6 Å². The van der Waals surface area contributed by atoms with Crippen LogP contribution >= 0.6 is 24.0 Å². The lowest BCUT2D eigenvalue weighted by Gasteiger charge is -2.36. The SMILES string of the molecule is CCNC(=NCCCN(C)S(=O)(=O)CC)N1CCN(C(=O)c2ccco2)CC1.I. The summed E-state index contributed by atoms with van der Waals surface area (Å²) in [4.78, 5) is 20.9. The summed E-state index contributed by atoms with van der Waals surface area (Å²) in [7, 11) is -1.55. The topological polar surface area (TPSA) is 98.5 Å². The number of amides is 1. The van der Waals surface area contributed by atoms with Crippen molar-refractivity contribution in [2.45, 2.75) is 20.3 Å². The van der Waals surface area contributed by atoms with Gasteiger partial charge in [-0.1, -0.05) is 0 Å². The molecule has 1 N–H and O–H groups in total. The van der Waals surface area contributed by atoms with Crippen molar-refractivity contribution < 1.29 is 17.6 Å². The van der Waals surface area contributed by atoms with Crippen LogP contribution in [0.1, 0.15) is 30.8 Å². The fourth-order valence-electron chi connectivity index (χ4n) is 2.94. The second kappa shape index (κ2) is 12.4. The van der Waals surface area contributed by atoms with Gasteiger partial charge in [-0.05, 0) is 32.4 Å². The number of carbonyl (C=O) groups excluding carboxylic acids is 1. The zero-order valence-electron chi connectivity index (χ0n) is 17.3. The number of piperazine rings is 1. The summed E-state index contributed by atoms with van der Waals surface area (Å²) in [5.41, 5.74) is 0. The van der Waals surface area contributed by atoms with Crippen LogP contribution in [0, 0.1) is 0 Å². The van der Waals surface area contributed by atoms with E-state index in [1.165, 1.54) is 10.6 Å². The Morgan fingerprint density at radius 3 is 2.45 bits per heavy atom. The summed E-state index contributed by atoms with van der Waals surface area (Å²) in [6.45, 7) is 7.95. The van der Waals surface area contributed by atoms with E-state index in [4.69, 9.17) is 4.42 Å². The lowest BCUT2D eigenvalue weighted by molar-refractivity contribution is 0.0657. The van der Waals surface area contributed by atoms with Gasteiger partial charge in [0.05, 0.1) is 12.0 Å². The van der Waals surface area contributed by atoms with E-state index in [0.29, 0.717) is 51.4 Å². The molecule has 2 heterocycles. The number of guanidine groups is 1. The highest BCUT2D eigenvalue weighted by Crippen LogP contribution is 2.10. The van der Waals surface area contributed by atoms with Gasteiger partial charge < -0.3 is 19.5 Å². The molecule has 0 aromatic carbocycles. The van der Waals surface area contributed by atoms with Crippen LogP contribution in [0.3, 0.4) is 0 Å². The van der Waals surface area contributed by atoms with Crippen molar-refractivity contribution in [2.75, 3.05) is 58.6 Å². The molecule has 1 fully saturated rings. The molecule has 1 aromatic heterocycles. The summed E-state index contributed by atoms with van der Waals surface area (Å²) in [5, 5.41) is 3.28. The van der Waals surface area contributed by atoms with Crippen LogP contribution in [0.15, 0.2) is 27.8 Å². The van der Waals surface area contributed by atoms with E-state index in [0.717, 1.165) is 12.5 Å². The van der Waals surface area contributed by atoms with Crippen LogP contribution in [0.2, 0.25) is 0 Å². The largest absolute Gasteiger partial charge is 0.459 e. The Kier molecular flexibility index (Phi) is 11.0. The van der Waals surface area contributed by atoms with Crippen molar-refractivity contribution >= 4 is 45.9 Å². The Hall–Kier alpha value is -1.34. The quantitative estimate of drug-likeness (QED) is 0.231. The van der Waals surface area contributed by atoms with Crippen LogP contribution in [-0.2, 0) is 10.0 Å². The molecule has 0 atom stereocenters. The van der Waals surface area contributed by atoms with Crippen molar-refractivity contribution in [3.63, 3.8) is 0 Å². The second-order valence-electron chi connectivity index (χ2n) is 6.57. The minimum absolute atomic E-state index is 0. The Balaban J connectivity index is 0.00000420. The molecule has 0 saturated carbocycles. The molecule has 29 heavy (non-hydrogen) atoms. The van der Waals surface area contributed by atoms with Gasteiger partial charge in [0.1, 0.15) is 0 Å². The molecule has 11 heteroatoms. The molecular weight excluding hydrogens is 509 g/mol. The molecule has 0 aliphatic carbocycles. The Labute approximate surface area is 190 Å². The van der Waals surface area contributed by atoms with Crippen LogP contribution in [0.4, 0.5) is 0 Å². The van der Waals surface area contributed by atoms with Gasteiger partial charge in [0, 0.05) is 52.9 Å². The number of carbonyl (C=O) groups is 1. The Bertz CT molecular complexity index is 746. The van der Waals surface area contributed by atoms with Crippen LogP contribution in [0.25, 0.3) is 0 Å².